The Morgan fingerprint density at radius 3 is 2.82 bits per heavy atom. The molecule has 0 bridgehead atoms. The maximum atomic E-state index is 11.7. The number of carbonyl (C=O) groups excluding carboxylic acids is 1. The summed E-state index contributed by atoms with van der Waals surface area (Å²) in [5.41, 5.74) is 0.0845. The van der Waals surface area contributed by atoms with Crippen LogP contribution in [-0.2, 0) is 14.3 Å². The predicted octanol–water partition coefficient (Wildman–Crippen LogP) is 1.34. The molecule has 1 N–H and O–H groups in total. The Morgan fingerprint density at radius 2 is 2.18 bits per heavy atom. The third-order valence-corrected chi connectivity index (χ3v) is 4.17. The second kappa shape index (κ2) is 5.36. The van der Waals surface area contributed by atoms with Crippen molar-refractivity contribution >= 4 is 5.97 Å². The zero-order valence-electron chi connectivity index (χ0n) is 10.8. The maximum absolute atomic E-state index is 11.7. The first kappa shape index (κ1) is 12.8. The molecule has 2 saturated heterocycles. The van der Waals surface area contributed by atoms with E-state index in [0.717, 1.165) is 39.0 Å². The number of ether oxygens (including phenoxy) is 2. The molecule has 4 nitrogen and oxygen atoms in total. The van der Waals surface area contributed by atoms with Crippen LogP contribution in [0.25, 0.3) is 0 Å². The van der Waals surface area contributed by atoms with E-state index in [1.165, 1.54) is 0 Å². The maximum Gasteiger partial charge on any atom is 0.310 e. The molecule has 0 aliphatic carbocycles. The molecule has 2 fully saturated rings. The first-order valence-electron chi connectivity index (χ1n) is 6.65. The highest BCUT2D eigenvalue weighted by Gasteiger charge is 2.44. The number of hydrogen-bond donors (Lipinski definition) is 1. The van der Waals surface area contributed by atoms with Crippen LogP contribution in [0.2, 0.25) is 0 Å². The van der Waals surface area contributed by atoms with Crippen molar-refractivity contribution in [1.29, 1.82) is 0 Å². The van der Waals surface area contributed by atoms with Crippen LogP contribution in [0.5, 0.6) is 0 Å². The number of rotatable bonds is 3. The predicted molar refractivity (Wildman–Crippen MR) is 64.7 cm³/mol. The summed E-state index contributed by atoms with van der Waals surface area (Å²) in [4.78, 5) is 11.7. The molecule has 0 radical (unpaired) electrons. The largest absolute Gasteiger partial charge is 0.466 e. The molecule has 98 valence electrons. The summed E-state index contributed by atoms with van der Waals surface area (Å²) in [7, 11) is 0. The fourth-order valence-electron chi connectivity index (χ4n) is 3.09. The molecular formula is C13H23NO3. The van der Waals surface area contributed by atoms with Gasteiger partial charge in [-0.2, -0.15) is 0 Å². The molecule has 17 heavy (non-hydrogen) atoms. The van der Waals surface area contributed by atoms with Gasteiger partial charge in [0.25, 0.3) is 0 Å². The molecule has 2 aliphatic rings. The number of esters is 1. The third kappa shape index (κ3) is 2.80. The minimum atomic E-state index is -0.0456. The summed E-state index contributed by atoms with van der Waals surface area (Å²) in [5, 5.41) is 3.54. The minimum Gasteiger partial charge on any atom is -0.466 e. The molecule has 0 aromatic heterocycles. The Balaban J connectivity index is 1.92. The lowest BCUT2D eigenvalue weighted by Gasteiger charge is -2.37. The van der Waals surface area contributed by atoms with Gasteiger partial charge < -0.3 is 14.8 Å². The van der Waals surface area contributed by atoms with E-state index >= 15 is 0 Å². The van der Waals surface area contributed by atoms with Gasteiger partial charge in [0.2, 0.25) is 0 Å². The van der Waals surface area contributed by atoms with Crippen LogP contribution >= 0.6 is 0 Å². The molecule has 0 spiro atoms. The molecule has 0 amide bonds. The Kier molecular flexibility index (Phi) is 4.05. The van der Waals surface area contributed by atoms with Gasteiger partial charge in [-0.1, -0.05) is 0 Å². The zero-order chi connectivity index (χ0) is 12.3. The Hall–Kier alpha value is -0.610. The van der Waals surface area contributed by atoms with E-state index in [2.05, 4.69) is 12.2 Å². The van der Waals surface area contributed by atoms with Gasteiger partial charge in [0.05, 0.1) is 12.5 Å². The molecule has 4 heteroatoms. The standard InChI is InChI=1S/C13H23NO3/c1-3-17-12(15)10-8-13(2,14-9-10)11-4-6-16-7-5-11/h10-11,14H,3-9H2,1-2H3. The van der Waals surface area contributed by atoms with E-state index < -0.39 is 0 Å². The van der Waals surface area contributed by atoms with Crippen LogP contribution in [0.4, 0.5) is 0 Å². The van der Waals surface area contributed by atoms with Crippen LogP contribution < -0.4 is 5.32 Å². The highest BCUT2D eigenvalue weighted by molar-refractivity contribution is 5.73. The van der Waals surface area contributed by atoms with Crippen molar-refractivity contribution in [3.63, 3.8) is 0 Å². The normalized spacial score (nSPS) is 34.8. The SMILES string of the molecule is CCOC(=O)C1CNC(C)(C2CCOCC2)C1. The summed E-state index contributed by atoms with van der Waals surface area (Å²) in [5.74, 6) is 0.606. The molecule has 2 heterocycles. The van der Waals surface area contributed by atoms with Crippen molar-refractivity contribution < 1.29 is 14.3 Å². The van der Waals surface area contributed by atoms with Crippen molar-refractivity contribution in [3.05, 3.63) is 0 Å². The molecule has 2 rings (SSSR count). The fourth-order valence-corrected chi connectivity index (χ4v) is 3.09. The van der Waals surface area contributed by atoms with Crippen LogP contribution in [0.15, 0.2) is 0 Å². The minimum absolute atomic E-state index is 0.0304. The molecule has 0 saturated carbocycles. The number of carbonyl (C=O) groups is 1. The van der Waals surface area contributed by atoms with Crippen molar-refractivity contribution in [2.24, 2.45) is 11.8 Å². The van der Waals surface area contributed by atoms with E-state index in [-0.39, 0.29) is 17.4 Å². The van der Waals surface area contributed by atoms with E-state index in [1.54, 1.807) is 0 Å². The quantitative estimate of drug-likeness (QED) is 0.758. The van der Waals surface area contributed by atoms with Crippen molar-refractivity contribution in [2.75, 3.05) is 26.4 Å². The summed E-state index contributed by atoms with van der Waals surface area (Å²) in [6, 6.07) is 0. The smallest absolute Gasteiger partial charge is 0.310 e. The van der Waals surface area contributed by atoms with Crippen LogP contribution in [0, 0.1) is 11.8 Å². The summed E-state index contributed by atoms with van der Waals surface area (Å²) >= 11 is 0. The van der Waals surface area contributed by atoms with Gasteiger partial charge in [-0.05, 0) is 39.0 Å². The van der Waals surface area contributed by atoms with Crippen molar-refractivity contribution in [1.82, 2.24) is 5.32 Å². The molecular weight excluding hydrogens is 218 g/mol. The summed E-state index contributed by atoms with van der Waals surface area (Å²) in [6.07, 6.45) is 3.09. The van der Waals surface area contributed by atoms with Crippen molar-refractivity contribution in [2.45, 2.75) is 38.6 Å². The van der Waals surface area contributed by atoms with Gasteiger partial charge in [-0.25, -0.2) is 0 Å². The highest BCUT2D eigenvalue weighted by atomic mass is 16.5. The lowest BCUT2D eigenvalue weighted by atomic mass is 9.78. The number of hydrogen-bond acceptors (Lipinski definition) is 4. The van der Waals surface area contributed by atoms with E-state index in [9.17, 15) is 4.79 Å². The van der Waals surface area contributed by atoms with Crippen LogP contribution in [0.1, 0.15) is 33.1 Å². The molecule has 0 aromatic rings. The topological polar surface area (TPSA) is 47.6 Å². The lowest BCUT2D eigenvalue weighted by Crippen LogP contribution is -2.46. The molecule has 2 unspecified atom stereocenters. The van der Waals surface area contributed by atoms with Gasteiger partial charge in [0, 0.05) is 25.3 Å². The van der Waals surface area contributed by atoms with Crippen LogP contribution in [0.3, 0.4) is 0 Å². The monoisotopic (exact) mass is 241 g/mol. The van der Waals surface area contributed by atoms with Gasteiger partial charge in [0.15, 0.2) is 0 Å². The summed E-state index contributed by atoms with van der Waals surface area (Å²) < 4.78 is 10.5. The number of nitrogens with one attached hydrogen (secondary N) is 1. The molecule has 0 aromatic carbocycles. The Labute approximate surface area is 103 Å². The average molecular weight is 241 g/mol. The fraction of sp³-hybridized carbons (Fsp3) is 0.923. The second-order valence-electron chi connectivity index (χ2n) is 5.34. The second-order valence-corrected chi connectivity index (χ2v) is 5.34. The Bertz CT molecular complexity index is 276. The van der Waals surface area contributed by atoms with Crippen LogP contribution in [-0.4, -0.2) is 37.9 Å². The lowest BCUT2D eigenvalue weighted by molar-refractivity contribution is -0.147. The molecule has 2 aliphatic heterocycles. The van der Waals surface area contributed by atoms with Gasteiger partial charge >= 0.3 is 5.97 Å². The zero-order valence-corrected chi connectivity index (χ0v) is 10.8. The molecule has 2 atom stereocenters. The first-order valence-corrected chi connectivity index (χ1v) is 6.65. The van der Waals surface area contributed by atoms with Crippen molar-refractivity contribution in [3.8, 4) is 0 Å². The van der Waals surface area contributed by atoms with E-state index in [4.69, 9.17) is 9.47 Å². The summed E-state index contributed by atoms with van der Waals surface area (Å²) in [6.45, 7) is 7.04. The third-order valence-electron chi connectivity index (χ3n) is 4.17. The first-order chi connectivity index (χ1) is 8.15. The van der Waals surface area contributed by atoms with Gasteiger partial charge in [-0.15, -0.1) is 0 Å². The Morgan fingerprint density at radius 1 is 1.47 bits per heavy atom. The van der Waals surface area contributed by atoms with E-state index in [0.29, 0.717) is 12.5 Å². The van der Waals surface area contributed by atoms with Gasteiger partial charge in [0.1, 0.15) is 0 Å². The van der Waals surface area contributed by atoms with E-state index in [1.807, 2.05) is 6.92 Å². The highest BCUT2D eigenvalue weighted by Crippen LogP contribution is 2.36. The van der Waals surface area contributed by atoms with Gasteiger partial charge in [-0.3, -0.25) is 4.79 Å². The average Bonchev–Trinajstić information content (AvgIpc) is 2.75.